The Kier molecular flexibility index (Phi) is 5.93. The van der Waals surface area contributed by atoms with E-state index in [0.717, 1.165) is 25.6 Å². The molecule has 18 heavy (non-hydrogen) atoms. The van der Waals surface area contributed by atoms with Gasteiger partial charge in [-0.3, -0.25) is 4.90 Å². The smallest absolute Gasteiger partial charge is 0.0700 e. The van der Waals surface area contributed by atoms with Gasteiger partial charge in [-0.05, 0) is 45.1 Å². The van der Waals surface area contributed by atoms with Crippen molar-refractivity contribution in [2.75, 3.05) is 32.8 Å². The molecule has 0 aromatic rings. The maximum Gasteiger partial charge on any atom is 0.0700 e. The average Bonchev–Trinajstić information content (AvgIpc) is 2.92. The molecule has 0 aromatic heterocycles. The van der Waals surface area contributed by atoms with E-state index in [9.17, 15) is 0 Å². The van der Waals surface area contributed by atoms with Crippen molar-refractivity contribution in [2.45, 2.75) is 58.1 Å². The number of nitrogens with one attached hydrogen (secondary N) is 1. The minimum atomic E-state index is 0.474. The quantitative estimate of drug-likeness (QED) is 0.787. The highest BCUT2D eigenvalue weighted by molar-refractivity contribution is 4.78. The van der Waals surface area contributed by atoms with Crippen molar-refractivity contribution >= 4 is 0 Å². The number of hydrogen-bond acceptors (Lipinski definition) is 3. The summed E-state index contributed by atoms with van der Waals surface area (Å²) in [5.74, 6) is 0.930. The molecule has 2 fully saturated rings. The van der Waals surface area contributed by atoms with E-state index in [-0.39, 0.29) is 0 Å². The predicted octanol–water partition coefficient (Wildman–Crippen LogP) is 2.27. The van der Waals surface area contributed by atoms with Gasteiger partial charge in [0.05, 0.1) is 6.10 Å². The molecule has 0 amide bonds. The lowest BCUT2D eigenvalue weighted by Crippen LogP contribution is -2.46. The van der Waals surface area contributed by atoms with Crippen molar-refractivity contribution in [1.82, 2.24) is 10.2 Å². The lowest BCUT2D eigenvalue weighted by atomic mass is 9.94. The largest absolute Gasteiger partial charge is 0.377 e. The molecule has 106 valence electrons. The minimum Gasteiger partial charge on any atom is -0.377 e. The molecule has 0 aromatic carbocycles. The number of hydrogen-bond donors (Lipinski definition) is 1. The van der Waals surface area contributed by atoms with Crippen molar-refractivity contribution < 1.29 is 4.74 Å². The second-order valence-electron chi connectivity index (χ2n) is 6.05. The van der Waals surface area contributed by atoms with Crippen LogP contribution in [0.15, 0.2) is 0 Å². The number of piperidine rings is 1. The van der Waals surface area contributed by atoms with Crippen LogP contribution in [0.4, 0.5) is 0 Å². The Bertz CT molecular complexity index is 229. The van der Waals surface area contributed by atoms with Gasteiger partial charge in [0, 0.05) is 32.3 Å². The third-order valence-corrected chi connectivity index (χ3v) is 4.59. The van der Waals surface area contributed by atoms with Crippen molar-refractivity contribution in [1.29, 1.82) is 0 Å². The highest BCUT2D eigenvalue weighted by atomic mass is 16.5. The average molecular weight is 254 g/mol. The van der Waals surface area contributed by atoms with Gasteiger partial charge in [0.2, 0.25) is 0 Å². The van der Waals surface area contributed by atoms with Crippen LogP contribution in [0.5, 0.6) is 0 Å². The Balaban J connectivity index is 1.62. The normalized spacial score (nSPS) is 31.7. The maximum atomic E-state index is 5.64. The second-order valence-corrected chi connectivity index (χ2v) is 6.05. The van der Waals surface area contributed by atoms with Crippen LogP contribution >= 0.6 is 0 Å². The van der Waals surface area contributed by atoms with E-state index < -0.39 is 0 Å². The SMILES string of the molecule is CCC1CCCN(C(C)CNCC2CCCO2)C1. The molecule has 3 heteroatoms. The first kappa shape index (κ1) is 14.3. The molecule has 3 unspecified atom stereocenters. The Morgan fingerprint density at radius 1 is 1.33 bits per heavy atom. The molecular weight excluding hydrogens is 224 g/mol. The number of likely N-dealkylation sites (tertiary alicyclic amines) is 1. The van der Waals surface area contributed by atoms with Crippen molar-refractivity contribution in [3.05, 3.63) is 0 Å². The lowest BCUT2D eigenvalue weighted by molar-refractivity contribution is 0.101. The van der Waals surface area contributed by atoms with Crippen LogP contribution in [-0.4, -0.2) is 49.8 Å². The lowest BCUT2D eigenvalue weighted by Gasteiger charge is -2.36. The van der Waals surface area contributed by atoms with Crippen LogP contribution in [0.1, 0.15) is 46.0 Å². The van der Waals surface area contributed by atoms with Crippen LogP contribution in [0.25, 0.3) is 0 Å². The molecule has 0 radical (unpaired) electrons. The van der Waals surface area contributed by atoms with E-state index in [0.29, 0.717) is 12.1 Å². The Morgan fingerprint density at radius 2 is 2.22 bits per heavy atom. The third kappa shape index (κ3) is 4.22. The molecule has 0 bridgehead atoms. The zero-order valence-electron chi connectivity index (χ0n) is 12.2. The summed E-state index contributed by atoms with van der Waals surface area (Å²) in [6, 6.07) is 0.667. The number of ether oxygens (including phenoxy) is 1. The maximum absolute atomic E-state index is 5.64. The summed E-state index contributed by atoms with van der Waals surface area (Å²) in [5.41, 5.74) is 0. The van der Waals surface area contributed by atoms with Gasteiger partial charge < -0.3 is 10.1 Å². The van der Waals surface area contributed by atoms with Crippen molar-refractivity contribution in [2.24, 2.45) is 5.92 Å². The van der Waals surface area contributed by atoms with E-state index in [1.807, 2.05) is 0 Å². The molecule has 0 aliphatic carbocycles. The number of rotatable bonds is 6. The second kappa shape index (κ2) is 7.46. The van der Waals surface area contributed by atoms with Crippen molar-refractivity contribution in [3.63, 3.8) is 0 Å². The topological polar surface area (TPSA) is 24.5 Å². The molecular formula is C15H30N2O. The van der Waals surface area contributed by atoms with E-state index in [2.05, 4.69) is 24.1 Å². The predicted molar refractivity (Wildman–Crippen MR) is 75.9 cm³/mol. The molecule has 0 saturated carbocycles. The van der Waals surface area contributed by atoms with Gasteiger partial charge >= 0.3 is 0 Å². The highest BCUT2D eigenvalue weighted by Gasteiger charge is 2.22. The molecule has 2 rings (SSSR count). The van der Waals surface area contributed by atoms with Crippen LogP contribution in [0.3, 0.4) is 0 Å². The monoisotopic (exact) mass is 254 g/mol. The van der Waals surface area contributed by atoms with E-state index in [4.69, 9.17) is 4.74 Å². The summed E-state index contributed by atoms with van der Waals surface area (Å²) in [7, 11) is 0. The molecule has 1 N–H and O–H groups in total. The van der Waals surface area contributed by atoms with Gasteiger partial charge in [-0.15, -0.1) is 0 Å². The first-order chi connectivity index (χ1) is 8.79. The van der Waals surface area contributed by atoms with Crippen LogP contribution in [-0.2, 0) is 4.74 Å². The van der Waals surface area contributed by atoms with E-state index >= 15 is 0 Å². The first-order valence-corrected chi connectivity index (χ1v) is 7.86. The Hall–Kier alpha value is -0.120. The Labute approximate surface area is 112 Å². The standard InChI is InChI=1S/C15H30N2O/c1-3-14-6-4-8-17(12-14)13(2)10-16-11-15-7-5-9-18-15/h13-16H,3-12H2,1-2H3. The van der Waals surface area contributed by atoms with Crippen LogP contribution in [0.2, 0.25) is 0 Å². The fourth-order valence-corrected chi connectivity index (χ4v) is 3.22. The molecule has 2 aliphatic heterocycles. The van der Waals surface area contributed by atoms with Crippen molar-refractivity contribution in [3.8, 4) is 0 Å². The van der Waals surface area contributed by atoms with Gasteiger partial charge in [-0.1, -0.05) is 13.3 Å². The molecule has 3 atom stereocenters. The van der Waals surface area contributed by atoms with E-state index in [1.165, 1.54) is 45.2 Å². The zero-order valence-corrected chi connectivity index (χ0v) is 12.2. The van der Waals surface area contributed by atoms with Crippen LogP contribution < -0.4 is 5.32 Å². The van der Waals surface area contributed by atoms with Gasteiger partial charge in [0.25, 0.3) is 0 Å². The fourth-order valence-electron chi connectivity index (χ4n) is 3.22. The Morgan fingerprint density at radius 3 is 2.94 bits per heavy atom. The van der Waals surface area contributed by atoms with Gasteiger partial charge in [0.15, 0.2) is 0 Å². The summed E-state index contributed by atoms with van der Waals surface area (Å²) >= 11 is 0. The van der Waals surface area contributed by atoms with Gasteiger partial charge in [0.1, 0.15) is 0 Å². The van der Waals surface area contributed by atoms with Gasteiger partial charge in [-0.25, -0.2) is 0 Å². The molecule has 0 spiro atoms. The molecule has 2 saturated heterocycles. The molecule has 3 nitrogen and oxygen atoms in total. The summed E-state index contributed by atoms with van der Waals surface area (Å²) in [6.45, 7) is 10.4. The van der Waals surface area contributed by atoms with E-state index in [1.54, 1.807) is 0 Å². The third-order valence-electron chi connectivity index (χ3n) is 4.59. The first-order valence-electron chi connectivity index (χ1n) is 7.86. The molecule has 2 aliphatic rings. The highest BCUT2D eigenvalue weighted by Crippen LogP contribution is 2.20. The summed E-state index contributed by atoms with van der Waals surface area (Å²) in [5, 5.41) is 3.59. The summed E-state index contributed by atoms with van der Waals surface area (Å²) in [6.07, 6.45) is 7.11. The summed E-state index contributed by atoms with van der Waals surface area (Å²) in [4.78, 5) is 2.67. The zero-order chi connectivity index (χ0) is 12.8. The minimum absolute atomic E-state index is 0.474. The summed E-state index contributed by atoms with van der Waals surface area (Å²) < 4.78 is 5.64. The molecule has 2 heterocycles. The fraction of sp³-hybridized carbons (Fsp3) is 1.00. The van der Waals surface area contributed by atoms with Crippen LogP contribution in [0, 0.1) is 5.92 Å². The van der Waals surface area contributed by atoms with Gasteiger partial charge in [-0.2, -0.15) is 0 Å². The number of nitrogens with zero attached hydrogens (tertiary/aromatic N) is 1.